The Kier molecular flexibility index (Phi) is 2.92. The van der Waals surface area contributed by atoms with Crippen molar-refractivity contribution in [3.8, 4) is 0 Å². The molecule has 1 N–H and O–H groups in total. The zero-order valence-electron chi connectivity index (χ0n) is 10.7. The van der Waals surface area contributed by atoms with Crippen molar-refractivity contribution in [3.63, 3.8) is 0 Å². The summed E-state index contributed by atoms with van der Waals surface area (Å²) in [5, 5.41) is 10.3. The van der Waals surface area contributed by atoms with Crippen LogP contribution in [0.4, 0.5) is 13.2 Å². The number of rotatable bonds is 3. The molecule has 0 bridgehead atoms. The molecule has 0 aliphatic heterocycles. The van der Waals surface area contributed by atoms with E-state index in [0.29, 0.717) is 5.69 Å². The third kappa shape index (κ3) is 2.50. The van der Waals surface area contributed by atoms with Crippen LogP contribution in [0.5, 0.6) is 0 Å². The first kappa shape index (κ1) is 13.3. The topological polar surface area (TPSA) is 42.7 Å². The zero-order chi connectivity index (χ0) is 13.6. The van der Waals surface area contributed by atoms with Crippen molar-refractivity contribution in [3.05, 3.63) is 11.9 Å². The molecule has 102 valence electrons. The summed E-state index contributed by atoms with van der Waals surface area (Å²) in [5.74, 6) is 0. The van der Waals surface area contributed by atoms with Crippen molar-refractivity contribution in [1.29, 1.82) is 0 Å². The molecule has 1 aromatic heterocycles. The molecule has 7 heteroatoms. The third-order valence-electron chi connectivity index (χ3n) is 3.13. The van der Waals surface area contributed by atoms with Crippen LogP contribution >= 0.6 is 0 Å². The molecule has 1 aliphatic carbocycles. The van der Waals surface area contributed by atoms with Gasteiger partial charge in [0.25, 0.3) is 0 Å². The average molecular weight is 262 g/mol. The van der Waals surface area contributed by atoms with Gasteiger partial charge in [0.2, 0.25) is 0 Å². The number of aromatic nitrogens is 3. The lowest BCUT2D eigenvalue weighted by atomic mass is 10.1. The molecule has 1 fully saturated rings. The normalized spacial score (nSPS) is 19.0. The van der Waals surface area contributed by atoms with Crippen molar-refractivity contribution in [2.45, 2.75) is 57.4 Å². The average Bonchev–Trinajstić information content (AvgIpc) is 2.85. The number of hydrogen-bond donors (Lipinski definition) is 1. The Morgan fingerprint density at radius 2 is 1.94 bits per heavy atom. The number of nitrogens with zero attached hydrogens (tertiary/aromatic N) is 3. The molecule has 0 unspecified atom stereocenters. The first-order valence-corrected chi connectivity index (χ1v) is 5.88. The van der Waals surface area contributed by atoms with Gasteiger partial charge in [-0.05, 0) is 33.6 Å². The molecule has 0 atom stereocenters. The number of halogens is 3. The fourth-order valence-electron chi connectivity index (χ4n) is 1.65. The van der Waals surface area contributed by atoms with Crippen LogP contribution < -0.4 is 5.32 Å². The summed E-state index contributed by atoms with van der Waals surface area (Å²) in [6.45, 7) is 5.96. The summed E-state index contributed by atoms with van der Waals surface area (Å²) in [5.41, 5.74) is -1.38. The van der Waals surface area contributed by atoms with Gasteiger partial charge in [0, 0.05) is 6.54 Å². The van der Waals surface area contributed by atoms with E-state index in [-0.39, 0.29) is 24.9 Å². The van der Waals surface area contributed by atoms with Gasteiger partial charge in [0.15, 0.2) is 0 Å². The smallest absolute Gasteiger partial charge is 0.298 e. The Balaban J connectivity index is 1.98. The molecule has 4 nitrogen and oxygen atoms in total. The van der Waals surface area contributed by atoms with E-state index in [1.165, 1.54) is 0 Å². The minimum atomic E-state index is -4.19. The second-order valence-corrected chi connectivity index (χ2v) is 5.76. The fraction of sp³-hybridized carbons (Fsp3) is 0.818. The maximum Gasteiger partial charge on any atom is 0.406 e. The van der Waals surface area contributed by atoms with Gasteiger partial charge in [-0.3, -0.25) is 5.32 Å². The van der Waals surface area contributed by atoms with Crippen LogP contribution in [0.15, 0.2) is 6.20 Å². The van der Waals surface area contributed by atoms with E-state index in [9.17, 15) is 13.2 Å². The Morgan fingerprint density at radius 3 is 2.33 bits per heavy atom. The predicted molar refractivity (Wildman–Crippen MR) is 59.9 cm³/mol. The van der Waals surface area contributed by atoms with Crippen LogP contribution in [-0.4, -0.2) is 26.7 Å². The highest BCUT2D eigenvalue weighted by molar-refractivity contribution is 5.09. The quantitative estimate of drug-likeness (QED) is 0.908. The van der Waals surface area contributed by atoms with E-state index in [1.807, 2.05) is 20.8 Å². The van der Waals surface area contributed by atoms with Gasteiger partial charge in [0.05, 0.1) is 17.4 Å². The molecule has 0 aromatic carbocycles. The minimum absolute atomic E-state index is 0.0928. The number of hydrogen-bond acceptors (Lipinski definition) is 3. The van der Waals surface area contributed by atoms with Crippen LogP contribution in [0.2, 0.25) is 0 Å². The lowest BCUT2D eigenvalue weighted by Gasteiger charge is -2.20. The zero-order valence-corrected chi connectivity index (χ0v) is 10.7. The summed E-state index contributed by atoms with van der Waals surface area (Å²) >= 11 is 0. The van der Waals surface area contributed by atoms with E-state index >= 15 is 0 Å². The van der Waals surface area contributed by atoms with Crippen LogP contribution in [0.25, 0.3) is 0 Å². The lowest BCUT2D eigenvalue weighted by Crippen LogP contribution is -2.44. The Labute approximate surface area is 104 Å². The van der Waals surface area contributed by atoms with Gasteiger partial charge in [0.1, 0.15) is 5.54 Å². The molecule has 2 rings (SSSR count). The summed E-state index contributed by atoms with van der Waals surface area (Å²) in [7, 11) is 0. The highest BCUT2D eigenvalue weighted by Gasteiger charge is 2.63. The SMILES string of the molecule is CC(C)(C)n1cc(CNC2(C(F)(F)F)CC2)nn1. The molecule has 1 aliphatic rings. The molecule has 1 saturated carbocycles. The molecule has 0 spiro atoms. The highest BCUT2D eigenvalue weighted by Crippen LogP contribution is 2.48. The predicted octanol–water partition coefficient (Wildman–Crippen LogP) is 2.22. The van der Waals surface area contributed by atoms with E-state index in [2.05, 4.69) is 15.6 Å². The maximum atomic E-state index is 12.7. The van der Waals surface area contributed by atoms with Crippen molar-refractivity contribution >= 4 is 0 Å². The van der Waals surface area contributed by atoms with Gasteiger partial charge in [-0.15, -0.1) is 5.10 Å². The summed E-state index contributed by atoms with van der Waals surface area (Å²) in [6.07, 6.45) is -2.22. The van der Waals surface area contributed by atoms with Crippen LogP contribution in [0.1, 0.15) is 39.3 Å². The first-order chi connectivity index (χ1) is 8.14. The molecular weight excluding hydrogens is 245 g/mol. The van der Waals surface area contributed by atoms with Gasteiger partial charge in [-0.2, -0.15) is 13.2 Å². The second kappa shape index (κ2) is 3.94. The Morgan fingerprint density at radius 1 is 1.33 bits per heavy atom. The molecule has 1 heterocycles. The fourth-order valence-corrected chi connectivity index (χ4v) is 1.65. The first-order valence-electron chi connectivity index (χ1n) is 5.88. The second-order valence-electron chi connectivity index (χ2n) is 5.76. The van der Waals surface area contributed by atoms with Crippen LogP contribution in [0.3, 0.4) is 0 Å². The van der Waals surface area contributed by atoms with Crippen molar-refractivity contribution in [2.24, 2.45) is 0 Å². The Hall–Kier alpha value is -1.11. The van der Waals surface area contributed by atoms with Gasteiger partial charge < -0.3 is 0 Å². The minimum Gasteiger partial charge on any atom is -0.298 e. The van der Waals surface area contributed by atoms with E-state index in [4.69, 9.17) is 0 Å². The lowest BCUT2D eigenvalue weighted by molar-refractivity contribution is -0.166. The monoisotopic (exact) mass is 262 g/mol. The molecule has 18 heavy (non-hydrogen) atoms. The maximum absolute atomic E-state index is 12.7. The van der Waals surface area contributed by atoms with Gasteiger partial charge >= 0.3 is 6.18 Å². The van der Waals surface area contributed by atoms with Crippen molar-refractivity contribution in [1.82, 2.24) is 20.3 Å². The summed E-state index contributed by atoms with van der Waals surface area (Å²) in [6, 6.07) is 0. The Bertz CT molecular complexity index is 426. The standard InChI is InChI=1S/C11H17F3N4/c1-9(2,3)18-7-8(16-17-18)6-15-10(4-5-10)11(12,13)14/h7,15H,4-6H2,1-3H3. The number of nitrogens with one attached hydrogen (secondary N) is 1. The molecule has 0 radical (unpaired) electrons. The van der Waals surface area contributed by atoms with E-state index < -0.39 is 11.7 Å². The highest BCUT2D eigenvalue weighted by atomic mass is 19.4. The number of alkyl halides is 3. The summed E-state index contributed by atoms with van der Waals surface area (Å²) < 4.78 is 39.7. The largest absolute Gasteiger partial charge is 0.406 e. The van der Waals surface area contributed by atoms with Crippen LogP contribution in [0, 0.1) is 0 Å². The van der Waals surface area contributed by atoms with Gasteiger partial charge in [-0.1, -0.05) is 5.21 Å². The molecule has 0 saturated heterocycles. The molecule has 1 aromatic rings. The molecule has 0 amide bonds. The molecular formula is C11H17F3N4. The summed E-state index contributed by atoms with van der Waals surface area (Å²) in [4.78, 5) is 0. The van der Waals surface area contributed by atoms with Gasteiger partial charge in [-0.25, -0.2) is 4.68 Å². The third-order valence-corrected chi connectivity index (χ3v) is 3.13. The van der Waals surface area contributed by atoms with E-state index in [1.54, 1.807) is 10.9 Å². The van der Waals surface area contributed by atoms with Crippen molar-refractivity contribution < 1.29 is 13.2 Å². The van der Waals surface area contributed by atoms with E-state index in [0.717, 1.165) is 0 Å². The van der Waals surface area contributed by atoms with Crippen molar-refractivity contribution in [2.75, 3.05) is 0 Å². The van der Waals surface area contributed by atoms with Crippen LogP contribution in [-0.2, 0) is 12.1 Å².